The smallest absolute Gasteiger partial charge is 0.138 e. The third-order valence-electron chi connectivity index (χ3n) is 2.46. The van der Waals surface area contributed by atoms with E-state index in [-0.39, 0.29) is 0 Å². The van der Waals surface area contributed by atoms with E-state index >= 15 is 0 Å². The molecule has 0 fully saturated rings. The van der Waals surface area contributed by atoms with Crippen molar-refractivity contribution in [3.63, 3.8) is 0 Å². The second kappa shape index (κ2) is 5.26. The van der Waals surface area contributed by atoms with Crippen molar-refractivity contribution in [2.24, 2.45) is 0 Å². The van der Waals surface area contributed by atoms with E-state index in [0.717, 1.165) is 31.6 Å². The van der Waals surface area contributed by atoms with Gasteiger partial charge in [-0.15, -0.1) is 0 Å². The number of aryl methyl sites for hydroxylation is 1. The summed E-state index contributed by atoms with van der Waals surface area (Å²) in [5.74, 6) is 0.885. The lowest BCUT2D eigenvalue weighted by Gasteiger charge is -2.22. The summed E-state index contributed by atoms with van der Waals surface area (Å²) in [4.78, 5) is 4.19. The van der Waals surface area contributed by atoms with Gasteiger partial charge in [0.2, 0.25) is 0 Å². The molecule has 1 N–H and O–H groups in total. The molecule has 0 bridgehead atoms. The van der Waals surface area contributed by atoms with Gasteiger partial charge in [-0.3, -0.25) is 4.68 Å². The van der Waals surface area contributed by atoms with Crippen LogP contribution in [0.25, 0.3) is 0 Å². The summed E-state index contributed by atoms with van der Waals surface area (Å²) in [6, 6.07) is 0. The highest BCUT2D eigenvalue weighted by Crippen LogP contribution is 2.17. The van der Waals surface area contributed by atoms with Gasteiger partial charge in [0.1, 0.15) is 12.2 Å². The molecular formula is C11H21N3O. The van der Waals surface area contributed by atoms with Gasteiger partial charge >= 0.3 is 0 Å². The summed E-state index contributed by atoms with van der Waals surface area (Å²) in [6.45, 7) is 6.92. The van der Waals surface area contributed by atoms with Gasteiger partial charge < -0.3 is 5.11 Å². The van der Waals surface area contributed by atoms with Crippen molar-refractivity contribution in [3.05, 3.63) is 12.2 Å². The van der Waals surface area contributed by atoms with Gasteiger partial charge in [0.15, 0.2) is 0 Å². The Hall–Kier alpha value is -0.900. The van der Waals surface area contributed by atoms with Crippen LogP contribution in [0.15, 0.2) is 6.33 Å². The Morgan fingerprint density at radius 3 is 2.73 bits per heavy atom. The molecule has 86 valence electrons. The van der Waals surface area contributed by atoms with Crippen LogP contribution >= 0.6 is 0 Å². The summed E-state index contributed by atoms with van der Waals surface area (Å²) in [6.07, 6.45) is 4.96. The van der Waals surface area contributed by atoms with Gasteiger partial charge in [0.25, 0.3) is 0 Å². The number of nitrogens with zero attached hydrogens (tertiary/aromatic N) is 3. The topological polar surface area (TPSA) is 50.9 Å². The molecule has 0 aromatic carbocycles. The normalized spacial score (nSPS) is 15.2. The fourth-order valence-electron chi connectivity index (χ4n) is 1.79. The highest BCUT2D eigenvalue weighted by Gasteiger charge is 2.22. The molecule has 4 nitrogen and oxygen atoms in total. The Morgan fingerprint density at radius 2 is 2.13 bits per heavy atom. The quantitative estimate of drug-likeness (QED) is 0.780. The fourth-order valence-corrected chi connectivity index (χ4v) is 1.79. The van der Waals surface area contributed by atoms with Crippen LogP contribution in [0.1, 0.15) is 45.9 Å². The van der Waals surface area contributed by atoms with Crippen molar-refractivity contribution >= 4 is 0 Å². The van der Waals surface area contributed by atoms with E-state index in [4.69, 9.17) is 0 Å². The molecule has 1 aromatic rings. The molecule has 1 aromatic heterocycles. The summed E-state index contributed by atoms with van der Waals surface area (Å²) in [5, 5.41) is 14.2. The van der Waals surface area contributed by atoms with Crippen LogP contribution in [-0.4, -0.2) is 25.5 Å². The van der Waals surface area contributed by atoms with Crippen LogP contribution in [0.4, 0.5) is 0 Å². The molecule has 0 saturated carbocycles. The van der Waals surface area contributed by atoms with E-state index in [1.165, 1.54) is 0 Å². The number of aromatic nitrogens is 3. The van der Waals surface area contributed by atoms with Crippen molar-refractivity contribution in [2.45, 2.75) is 58.6 Å². The summed E-state index contributed by atoms with van der Waals surface area (Å²) in [7, 11) is 0. The first-order valence-corrected chi connectivity index (χ1v) is 5.68. The molecule has 1 rings (SSSR count). The van der Waals surface area contributed by atoms with Crippen LogP contribution in [0, 0.1) is 0 Å². The van der Waals surface area contributed by atoms with E-state index in [9.17, 15) is 5.11 Å². The minimum Gasteiger partial charge on any atom is -0.390 e. The molecule has 4 heteroatoms. The zero-order valence-electron chi connectivity index (χ0n) is 9.90. The number of hydrogen-bond acceptors (Lipinski definition) is 3. The first-order chi connectivity index (χ1) is 7.09. The third-order valence-corrected chi connectivity index (χ3v) is 2.46. The molecule has 0 amide bonds. The minimum absolute atomic E-state index is 0.584. The van der Waals surface area contributed by atoms with E-state index in [0.29, 0.717) is 6.42 Å². The molecule has 0 spiro atoms. The molecule has 1 unspecified atom stereocenters. The monoisotopic (exact) mass is 211 g/mol. The van der Waals surface area contributed by atoms with Crippen LogP contribution in [0.3, 0.4) is 0 Å². The van der Waals surface area contributed by atoms with Crippen LogP contribution in [0.2, 0.25) is 0 Å². The van der Waals surface area contributed by atoms with Crippen molar-refractivity contribution in [1.82, 2.24) is 14.8 Å². The van der Waals surface area contributed by atoms with Crippen molar-refractivity contribution in [3.8, 4) is 0 Å². The van der Waals surface area contributed by atoms with Crippen LogP contribution in [0.5, 0.6) is 0 Å². The lowest BCUT2D eigenvalue weighted by molar-refractivity contribution is 0.0474. The molecule has 1 heterocycles. The predicted molar refractivity (Wildman–Crippen MR) is 59.5 cm³/mol. The molecule has 1 atom stereocenters. The number of rotatable bonds is 6. The van der Waals surface area contributed by atoms with Crippen molar-refractivity contribution < 1.29 is 5.11 Å². The fraction of sp³-hybridized carbons (Fsp3) is 0.818. The predicted octanol–water partition coefficient (Wildman–Crippen LogP) is 1.78. The van der Waals surface area contributed by atoms with E-state index < -0.39 is 5.60 Å². The van der Waals surface area contributed by atoms with E-state index in [1.54, 1.807) is 6.33 Å². The minimum atomic E-state index is -0.659. The summed E-state index contributed by atoms with van der Waals surface area (Å²) < 4.78 is 1.88. The molecule has 0 aliphatic rings. The summed E-state index contributed by atoms with van der Waals surface area (Å²) >= 11 is 0. The van der Waals surface area contributed by atoms with Gasteiger partial charge in [-0.2, -0.15) is 5.10 Å². The van der Waals surface area contributed by atoms with Crippen molar-refractivity contribution in [1.29, 1.82) is 0 Å². The number of aliphatic hydroxyl groups is 1. The average Bonchev–Trinajstić information content (AvgIpc) is 2.52. The van der Waals surface area contributed by atoms with E-state index in [2.05, 4.69) is 23.9 Å². The zero-order chi connectivity index (χ0) is 11.3. The molecule has 0 saturated heterocycles. The van der Waals surface area contributed by atoms with Gasteiger partial charge in [-0.1, -0.05) is 20.3 Å². The van der Waals surface area contributed by atoms with Gasteiger partial charge in [0, 0.05) is 13.0 Å². The maximum absolute atomic E-state index is 10.1. The van der Waals surface area contributed by atoms with E-state index in [1.807, 2.05) is 11.6 Å². The van der Waals surface area contributed by atoms with Crippen LogP contribution in [-0.2, 0) is 13.0 Å². The second-order valence-electron chi connectivity index (χ2n) is 4.32. The van der Waals surface area contributed by atoms with Gasteiger partial charge in [-0.05, 0) is 19.8 Å². The first-order valence-electron chi connectivity index (χ1n) is 5.68. The Bertz CT molecular complexity index is 294. The lowest BCUT2D eigenvalue weighted by atomic mass is 9.96. The molecule has 0 aliphatic carbocycles. The highest BCUT2D eigenvalue weighted by atomic mass is 16.3. The Kier molecular flexibility index (Phi) is 4.27. The SMILES string of the molecule is CCCn1ncnc1CC(C)(O)CCC. The Balaban J connectivity index is 2.66. The molecule has 0 radical (unpaired) electrons. The first kappa shape index (κ1) is 12.2. The maximum atomic E-state index is 10.1. The van der Waals surface area contributed by atoms with Crippen LogP contribution < -0.4 is 0 Å². The molecule has 0 aliphatic heterocycles. The average molecular weight is 211 g/mol. The maximum Gasteiger partial charge on any atom is 0.138 e. The highest BCUT2D eigenvalue weighted by molar-refractivity contribution is 4.92. The standard InChI is InChI=1S/C11H21N3O/c1-4-6-11(3,15)8-10-12-9-13-14(10)7-5-2/h9,15H,4-8H2,1-3H3. The molecule has 15 heavy (non-hydrogen) atoms. The Labute approximate surface area is 91.3 Å². The zero-order valence-corrected chi connectivity index (χ0v) is 9.90. The van der Waals surface area contributed by atoms with Gasteiger partial charge in [0.05, 0.1) is 5.60 Å². The largest absolute Gasteiger partial charge is 0.390 e. The Morgan fingerprint density at radius 1 is 1.40 bits per heavy atom. The third kappa shape index (κ3) is 3.63. The lowest BCUT2D eigenvalue weighted by Crippen LogP contribution is -2.28. The second-order valence-corrected chi connectivity index (χ2v) is 4.32. The van der Waals surface area contributed by atoms with Gasteiger partial charge in [-0.25, -0.2) is 4.98 Å². The number of hydrogen-bond donors (Lipinski definition) is 1. The molecular weight excluding hydrogens is 190 g/mol. The summed E-state index contributed by atoms with van der Waals surface area (Å²) in [5.41, 5.74) is -0.659. The van der Waals surface area contributed by atoms with Crippen molar-refractivity contribution in [2.75, 3.05) is 0 Å².